The van der Waals surface area contributed by atoms with Gasteiger partial charge in [0.25, 0.3) is 0 Å². The number of piperazine rings is 1. The highest BCUT2D eigenvalue weighted by atomic mass is 16.3. The van der Waals surface area contributed by atoms with E-state index in [9.17, 15) is 0 Å². The van der Waals surface area contributed by atoms with Gasteiger partial charge >= 0.3 is 0 Å². The third kappa shape index (κ3) is 3.87. The fraction of sp³-hybridized carbons (Fsp3) is 0.471. The second kappa shape index (κ2) is 6.94. The van der Waals surface area contributed by atoms with Crippen LogP contribution in [0.15, 0.2) is 34.9 Å². The third-order valence-corrected chi connectivity index (χ3v) is 4.06. The third-order valence-electron chi connectivity index (χ3n) is 4.06. The number of likely N-dealkylation sites (N-methyl/N-ethyl adjacent to an activating group) is 1. The number of aryl methyl sites for hydroxylation is 1. The molecule has 0 radical (unpaired) electrons. The molecule has 0 saturated carbocycles. The Hall–Kier alpha value is -1.85. The molecule has 3 rings (SSSR count). The van der Waals surface area contributed by atoms with Gasteiger partial charge in [-0.25, -0.2) is 4.98 Å². The van der Waals surface area contributed by atoms with Gasteiger partial charge in [0.05, 0.1) is 6.54 Å². The molecule has 0 aliphatic carbocycles. The quantitative estimate of drug-likeness (QED) is 0.915. The first kappa shape index (κ1) is 15.1. The van der Waals surface area contributed by atoms with Crippen molar-refractivity contribution in [2.24, 2.45) is 0 Å². The largest absolute Gasteiger partial charge is 0.465 e. The lowest BCUT2D eigenvalue weighted by atomic mass is 10.2. The van der Waals surface area contributed by atoms with Crippen LogP contribution in [0.4, 0.5) is 5.82 Å². The molecule has 0 aromatic carbocycles. The summed E-state index contributed by atoms with van der Waals surface area (Å²) in [4.78, 5) is 9.23. The van der Waals surface area contributed by atoms with Gasteiger partial charge in [0.1, 0.15) is 17.3 Å². The molecule has 22 heavy (non-hydrogen) atoms. The topological polar surface area (TPSA) is 44.5 Å². The molecule has 0 atom stereocenters. The molecular formula is C17H24N4O. The van der Waals surface area contributed by atoms with Gasteiger partial charge in [-0.1, -0.05) is 0 Å². The summed E-state index contributed by atoms with van der Waals surface area (Å²) in [5.74, 6) is 3.02. The fourth-order valence-electron chi connectivity index (χ4n) is 2.69. The Labute approximate surface area is 131 Å². The molecule has 1 aliphatic rings. The number of furan rings is 1. The van der Waals surface area contributed by atoms with E-state index in [0.717, 1.165) is 56.6 Å². The molecule has 0 bridgehead atoms. The van der Waals surface area contributed by atoms with Crippen molar-refractivity contribution in [3.8, 4) is 0 Å². The number of rotatable bonds is 5. The molecule has 0 spiro atoms. The van der Waals surface area contributed by atoms with Crippen molar-refractivity contribution in [3.05, 3.63) is 47.5 Å². The Morgan fingerprint density at radius 1 is 1.14 bits per heavy atom. The molecular weight excluding hydrogens is 276 g/mol. The van der Waals surface area contributed by atoms with E-state index in [4.69, 9.17) is 4.42 Å². The lowest BCUT2D eigenvalue weighted by Gasteiger charge is -2.33. The van der Waals surface area contributed by atoms with Gasteiger partial charge < -0.3 is 19.5 Å². The zero-order valence-corrected chi connectivity index (χ0v) is 13.4. The summed E-state index contributed by atoms with van der Waals surface area (Å²) < 4.78 is 5.56. The number of anilines is 1. The van der Waals surface area contributed by atoms with Crippen LogP contribution in [0.3, 0.4) is 0 Å². The minimum Gasteiger partial charge on any atom is -0.465 e. The maximum atomic E-state index is 5.56. The van der Waals surface area contributed by atoms with Crippen molar-refractivity contribution < 1.29 is 4.42 Å². The summed E-state index contributed by atoms with van der Waals surface area (Å²) in [6, 6.07) is 8.27. The number of nitrogens with one attached hydrogen (secondary N) is 1. The first-order valence-electron chi connectivity index (χ1n) is 7.85. The first-order chi connectivity index (χ1) is 10.7. The molecule has 2 aromatic heterocycles. The van der Waals surface area contributed by atoms with Crippen molar-refractivity contribution in [2.75, 3.05) is 38.1 Å². The summed E-state index contributed by atoms with van der Waals surface area (Å²) in [5.41, 5.74) is 1.26. The smallest absolute Gasteiger partial charge is 0.128 e. The number of nitrogens with zero attached hydrogens (tertiary/aromatic N) is 3. The Balaban J connectivity index is 1.54. The number of hydrogen-bond donors (Lipinski definition) is 1. The standard InChI is InChI=1S/C17H24N4O/c1-14-3-4-16(22-14)13-18-12-15-5-6-19-17(11-15)21-9-7-20(2)8-10-21/h3-6,11,18H,7-10,12-13H2,1-2H3. The zero-order valence-electron chi connectivity index (χ0n) is 13.4. The van der Waals surface area contributed by atoms with Gasteiger partial charge in [0.15, 0.2) is 0 Å². The van der Waals surface area contributed by atoms with E-state index in [1.807, 2.05) is 25.3 Å². The van der Waals surface area contributed by atoms with Crippen molar-refractivity contribution in [3.63, 3.8) is 0 Å². The van der Waals surface area contributed by atoms with E-state index in [1.165, 1.54) is 5.56 Å². The predicted octanol–water partition coefficient (Wildman–Crippen LogP) is 2.02. The Kier molecular flexibility index (Phi) is 4.75. The molecule has 118 valence electrons. The van der Waals surface area contributed by atoms with E-state index < -0.39 is 0 Å². The molecule has 1 fully saturated rings. The maximum Gasteiger partial charge on any atom is 0.128 e. The summed E-state index contributed by atoms with van der Waals surface area (Å²) in [6.45, 7) is 7.83. The molecule has 5 heteroatoms. The first-order valence-corrected chi connectivity index (χ1v) is 7.85. The van der Waals surface area contributed by atoms with E-state index in [-0.39, 0.29) is 0 Å². The van der Waals surface area contributed by atoms with Gasteiger partial charge in [-0.3, -0.25) is 0 Å². The Morgan fingerprint density at radius 3 is 2.68 bits per heavy atom. The van der Waals surface area contributed by atoms with Crippen LogP contribution < -0.4 is 10.2 Å². The fourth-order valence-corrected chi connectivity index (χ4v) is 2.69. The van der Waals surface area contributed by atoms with E-state index >= 15 is 0 Å². The average molecular weight is 300 g/mol. The summed E-state index contributed by atoms with van der Waals surface area (Å²) in [7, 11) is 2.17. The van der Waals surface area contributed by atoms with Crippen LogP contribution in [-0.2, 0) is 13.1 Å². The Bertz CT molecular complexity index is 602. The summed E-state index contributed by atoms with van der Waals surface area (Å²) in [5, 5.41) is 3.42. The summed E-state index contributed by atoms with van der Waals surface area (Å²) >= 11 is 0. The lowest BCUT2D eigenvalue weighted by molar-refractivity contribution is 0.312. The monoisotopic (exact) mass is 300 g/mol. The molecule has 2 aromatic rings. The van der Waals surface area contributed by atoms with Crippen LogP contribution in [0.5, 0.6) is 0 Å². The number of aromatic nitrogens is 1. The van der Waals surface area contributed by atoms with Crippen LogP contribution in [0.1, 0.15) is 17.1 Å². The SMILES string of the molecule is Cc1ccc(CNCc2ccnc(N3CCN(C)CC3)c2)o1. The molecule has 1 saturated heterocycles. The molecule has 3 heterocycles. The van der Waals surface area contributed by atoms with Crippen LogP contribution >= 0.6 is 0 Å². The second-order valence-electron chi connectivity index (χ2n) is 5.93. The normalized spacial score (nSPS) is 16.2. The zero-order chi connectivity index (χ0) is 15.4. The number of hydrogen-bond acceptors (Lipinski definition) is 5. The highest BCUT2D eigenvalue weighted by Gasteiger charge is 2.15. The number of pyridine rings is 1. The van der Waals surface area contributed by atoms with Gasteiger partial charge in [0.2, 0.25) is 0 Å². The highest BCUT2D eigenvalue weighted by molar-refractivity contribution is 5.41. The van der Waals surface area contributed by atoms with Crippen LogP contribution in [0.2, 0.25) is 0 Å². The lowest BCUT2D eigenvalue weighted by Crippen LogP contribution is -2.44. The van der Waals surface area contributed by atoms with Gasteiger partial charge in [-0.05, 0) is 43.8 Å². The van der Waals surface area contributed by atoms with E-state index in [2.05, 4.69) is 39.3 Å². The van der Waals surface area contributed by atoms with Gasteiger partial charge in [-0.2, -0.15) is 0 Å². The predicted molar refractivity (Wildman–Crippen MR) is 87.9 cm³/mol. The highest BCUT2D eigenvalue weighted by Crippen LogP contribution is 2.15. The molecule has 5 nitrogen and oxygen atoms in total. The average Bonchev–Trinajstić information content (AvgIpc) is 2.94. The minimum atomic E-state index is 0.750. The van der Waals surface area contributed by atoms with Crippen LogP contribution in [0, 0.1) is 6.92 Å². The van der Waals surface area contributed by atoms with Crippen molar-refractivity contribution in [1.82, 2.24) is 15.2 Å². The molecule has 0 amide bonds. The van der Waals surface area contributed by atoms with E-state index in [0.29, 0.717) is 0 Å². The van der Waals surface area contributed by atoms with Crippen molar-refractivity contribution in [1.29, 1.82) is 0 Å². The minimum absolute atomic E-state index is 0.750. The van der Waals surface area contributed by atoms with Gasteiger partial charge in [-0.15, -0.1) is 0 Å². The summed E-state index contributed by atoms with van der Waals surface area (Å²) in [6.07, 6.45) is 1.90. The maximum absolute atomic E-state index is 5.56. The van der Waals surface area contributed by atoms with Crippen molar-refractivity contribution >= 4 is 5.82 Å². The molecule has 1 N–H and O–H groups in total. The molecule has 0 unspecified atom stereocenters. The van der Waals surface area contributed by atoms with E-state index in [1.54, 1.807) is 0 Å². The second-order valence-corrected chi connectivity index (χ2v) is 5.93. The molecule has 1 aliphatic heterocycles. The van der Waals surface area contributed by atoms with Gasteiger partial charge in [0, 0.05) is 38.9 Å². The Morgan fingerprint density at radius 2 is 1.95 bits per heavy atom. The van der Waals surface area contributed by atoms with Crippen molar-refractivity contribution in [2.45, 2.75) is 20.0 Å². The van der Waals surface area contributed by atoms with Crippen LogP contribution in [0.25, 0.3) is 0 Å². The van der Waals surface area contributed by atoms with Crippen LogP contribution in [-0.4, -0.2) is 43.1 Å².